The van der Waals surface area contributed by atoms with E-state index >= 15 is 0 Å². The fourth-order valence-electron chi connectivity index (χ4n) is 2.01. The van der Waals surface area contributed by atoms with E-state index in [0.29, 0.717) is 10.5 Å². The summed E-state index contributed by atoms with van der Waals surface area (Å²) >= 11 is 2.02. The smallest absolute Gasteiger partial charge is 0.185 e. The number of furan rings is 1. The largest absolute Gasteiger partial charge is 0.457 e. The molecule has 1 fully saturated rings. The van der Waals surface area contributed by atoms with E-state index in [-0.39, 0.29) is 0 Å². The van der Waals surface area contributed by atoms with Gasteiger partial charge in [-0.15, -0.1) is 0 Å². The Morgan fingerprint density at radius 1 is 1.56 bits per heavy atom. The quantitative estimate of drug-likeness (QED) is 0.759. The predicted octanol–water partition coefficient (Wildman–Crippen LogP) is 2.42. The highest BCUT2D eigenvalue weighted by atomic mass is 32.2. The molecule has 0 aromatic carbocycles. The Morgan fingerprint density at radius 2 is 2.38 bits per heavy atom. The molecule has 1 aliphatic heterocycles. The van der Waals surface area contributed by atoms with Gasteiger partial charge in [0.15, 0.2) is 12.0 Å². The molecule has 1 aliphatic rings. The average Bonchev–Trinajstić information content (AvgIpc) is 2.64. The number of nitrogens with zero attached hydrogens (tertiary/aromatic N) is 1. The molecular weight excluding hydrogens is 222 g/mol. The second-order valence-electron chi connectivity index (χ2n) is 4.74. The lowest BCUT2D eigenvalue weighted by atomic mass is 10.2. The summed E-state index contributed by atoms with van der Waals surface area (Å²) < 4.78 is 5.70. The summed E-state index contributed by atoms with van der Waals surface area (Å²) in [6.45, 7) is 7.49. The fraction of sp³-hybridized carbons (Fsp3) is 0.583. The normalized spacial score (nSPS) is 20.9. The lowest BCUT2D eigenvalue weighted by Gasteiger charge is -2.37. The van der Waals surface area contributed by atoms with Gasteiger partial charge in [-0.25, -0.2) is 0 Å². The van der Waals surface area contributed by atoms with Crippen molar-refractivity contribution < 1.29 is 9.21 Å². The van der Waals surface area contributed by atoms with Crippen molar-refractivity contribution in [1.82, 2.24) is 4.90 Å². The van der Waals surface area contributed by atoms with Crippen LogP contribution in [-0.4, -0.2) is 34.8 Å². The van der Waals surface area contributed by atoms with Crippen molar-refractivity contribution in [2.75, 3.05) is 18.8 Å². The lowest BCUT2D eigenvalue weighted by Crippen LogP contribution is -2.42. The van der Waals surface area contributed by atoms with Crippen molar-refractivity contribution in [3.8, 4) is 0 Å². The molecule has 4 heteroatoms. The highest BCUT2D eigenvalue weighted by Gasteiger charge is 2.27. The minimum atomic E-state index is 0.318. The number of carbonyl (C=O) groups excluding carboxylic acids is 1. The fourth-order valence-corrected chi connectivity index (χ4v) is 3.19. The van der Waals surface area contributed by atoms with E-state index in [4.69, 9.17) is 4.42 Å². The van der Waals surface area contributed by atoms with E-state index in [1.165, 1.54) is 0 Å². The van der Waals surface area contributed by atoms with Gasteiger partial charge in [0.1, 0.15) is 5.76 Å². The van der Waals surface area contributed by atoms with E-state index < -0.39 is 0 Å². The number of thioether (sulfide) groups is 1. The van der Waals surface area contributed by atoms with Gasteiger partial charge in [-0.2, -0.15) is 11.8 Å². The summed E-state index contributed by atoms with van der Waals surface area (Å²) in [5, 5.41) is 0. The van der Waals surface area contributed by atoms with Crippen LogP contribution in [0.3, 0.4) is 0 Å². The van der Waals surface area contributed by atoms with E-state index in [9.17, 15) is 4.79 Å². The minimum Gasteiger partial charge on any atom is -0.457 e. The Kier molecular flexibility index (Phi) is 3.40. The topological polar surface area (TPSA) is 33.5 Å². The molecule has 0 N–H and O–H groups in total. The van der Waals surface area contributed by atoms with Crippen LogP contribution < -0.4 is 0 Å². The summed E-state index contributed by atoms with van der Waals surface area (Å²) in [5.41, 5.74) is 0. The number of aldehydes is 1. The van der Waals surface area contributed by atoms with E-state index in [2.05, 4.69) is 18.7 Å². The third-order valence-corrected chi connectivity index (χ3v) is 3.98. The monoisotopic (exact) mass is 239 g/mol. The first-order chi connectivity index (χ1) is 7.59. The van der Waals surface area contributed by atoms with Crippen LogP contribution >= 0.6 is 11.8 Å². The Hall–Kier alpha value is -0.740. The molecule has 1 aromatic heterocycles. The summed E-state index contributed by atoms with van der Waals surface area (Å²) in [6.07, 6.45) is 0.749. The second-order valence-corrected chi connectivity index (χ2v) is 6.54. The van der Waals surface area contributed by atoms with Crippen molar-refractivity contribution in [2.24, 2.45) is 0 Å². The van der Waals surface area contributed by atoms with Gasteiger partial charge in [0, 0.05) is 23.6 Å². The van der Waals surface area contributed by atoms with Crippen LogP contribution in [0, 0.1) is 0 Å². The zero-order valence-electron chi connectivity index (χ0n) is 9.73. The number of carbonyl (C=O) groups is 1. The molecule has 2 rings (SSSR count). The molecule has 2 heterocycles. The first kappa shape index (κ1) is 11.7. The maximum absolute atomic E-state index is 10.5. The van der Waals surface area contributed by atoms with Crippen molar-refractivity contribution in [2.45, 2.75) is 25.1 Å². The second kappa shape index (κ2) is 4.63. The van der Waals surface area contributed by atoms with Gasteiger partial charge in [0.2, 0.25) is 0 Å². The zero-order valence-corrected chi connectivity index (χ0v) is 10.5. The van der Waals surface area contributed by atoms with E-state index in [0.717, 1.165) is 37.4 Å². The molecule has 0 saturated carbocycles. The summed E-state index contributed by atoms with van der Waals surface area (Å²) in [4.78, 5) is 12.9. The summed E-state index contributed by atoms with van der Waals surface area (Å²) in [5.74, 6) is 2.46. The van der Waals surface area contributed by atoms with Crippen LogP contribution in [0.25, 0.3) is 0 Å². The predicted molar refractivity (Wildman–Crippen MR) is 65.9 cm³/mol. The van der Waals surface area contributed by atoms with Crippen LogP contribution in [0.2, 0.25) is 0 Å². The van der Waals surface area contributed by atoms with Crippen LogP contribution in [0.5, 0.6) is 0 Å². The first-order valence-corrected chi connectivity index (χ1v) is 6.48. The standard InChI is InChI=1S/C12H17NO2S/c1-12(2)9-13(5-6-16-12)7-10-3-4-11(8-14)15-10/h3-4,8H,5-7,9H2,1-2H3. The molecule has 3 nitrogen and oxygen atoms in total. The van der Waals surface area contributed by atoms with Gasteiger partial charge in [0.25, 0.3) is 0 Å². The minimum absolute atomic E-state index is 0.318. The maximum atomic E-state index is 10.5. The molecule has 0 unspecified atom stereocenters. The summed E-state index contributed by atoms with van der Waals surface area (Å²) in [7, 11) is 0. The highest BCUT2D eigenvalue weighted by molar-refractivity contribution is 8.00. The van der Waals surface area contributed by atoms with Crippen LogP contribution in [0.1, 0.15) is 30.2 Å². The van der Waals surface area contributed by atoms with Crippen molar-refractivity contribution in [3.63, 3.8) is 0 Å². The maximum Gasteiger partial charge on any atom is 0.185 e. The van der Waals surface area contributed by atoms with Crippen molar-refractivity contribution >= 4 is 18.0 Å². The molecule has 88 valence electrons. The van der Waals surface area contributed by atoms with Gasteiger partial charge >= 0.3 is 0 Å². The first-order valence-electron chi connectivity index (χ1n) is 5.49. The molecule has 16 heavy (non-hydrogen) atoms. The lowest BCUT2D eigenvalue weighted by molar-refractivity contribution is 0.109. The van der Waals surface area contributed by atoms with Gasteiger partial charge in [-0.3, -0.25) is 9.69 Å². The SMILES string of the molecule is CC1(C)CN(Cc2ccc(C=O)o2)CCS1. The van der Waals surface area contributed by atoms with E-state index in [1.54, 1.807) is 6.07 Å². The van der Waals surface area contributed by atoms with Gasteiger partial charge < -0.3 is 4.42 Å². The molecule has 0 aliphatic carbocycles. The zero-order chi connectivity index (χ0) is 11.6. The van der Waals surface area contributed by atoms with Crippen molar-refractivity contribution in [1.29, 1.82) is 0 Å². The molecule has 1 saturated heterocycles. The van der Waals surface area contributed by atoms with Crippen LogP contribution in [0.15, 0.2) is 16.5 Å². The van der Waals surface area contributed by atoms with Gasteiger partial charge in [-0.1, -0.05) is 0 Å². The molecule has 0 atom stereocenters. The number of hydrogen-bond acceptors (Lipinski definition) is 4. The summed E-state index contributed by atoms with van der Waals surface area (Å²) in [6, 6.07) is 3.62. The third kappa shape index (κ3) is 2.89. The van der Waals surface area contributed by atoms with Crippen molar-refractivity contribution in [3.05, 3.63) is 23.7 Å². The highest BCUT2D eigenvalue weighted by Crippen LogP contribution is 2.30. The number of rotatable bonds is 3. The molecule has 0 amide bonds. The van der Waals surface area contributed by atoms with Crippen LogP contribution in [-0.2, 0) is 6.54 Å². The Morgan fingerprint density at radius 3 is 3.00 bits per heavy atom. The molecule has 0 spiro atoms. The van der Waals surface area contributed by atoms with Gasteiger partial charge in [0.05, 0.1) is 6.54 Å². The molecule has 1 aromatic rings. The molecule has 0 radical (unpaired) electrons. The van der Waals surface area contributed by atoms with Crippen LogP contribution in [0.4, 0.5) is 0 Å². The molecule has 0 bridgehead atoms. The average molecular weight is 239 g/mol. The molecular formula is C12H17NO2S. The Balaban J connectivity index is 1.96. The Labute approximate surface area is 100 Å². The Bertz CT molecular complexity index is 373. The van der Waals surface area contributed by atoms with Gasteiger partial charge in [-0.05, 0) is 26.0 Å². The third-order valence-electron chi connectivity index (χ3n) is 2.68. The number of hydrogen-bond donors (Lipinski definition) is 0. The van der Waals surface area contributed by atoms with E-state index in [1.807, 2.05) is 17.8 Å².